The van der Waals surface area contributed by atoms with E-state index in [1.54, 1.807) is 11.3 Å². The van der Waals surface area contributed by atoms with Crippen molar-refractivity contribution >= 4 is 28.0 Å². The van der Waals surface area contributed by atoms with Crippen LogP contribution in [0.25, 0.3) is 10.8 Å². The summed E-state index contributed by atoms with van der Waals surface area (Å²) in [4.78, 5) is 13.9. The number of carbonyl (C=O) groups is 1. The predicted molar refractivity (Wildman–Crippen MR) is 120 cm³/mol. The number of nitrogens with one attached hydrogen (secondary N) is 1. The summed E-state index contributed by atoms with van der Waals surface area (Å²) in [7, 11) is 0. The van der Waals surface area contributed by atoms with Crippen LogP contribution in [0.1, 0.15) is 35.0 Å². The van der Waals surface area contributed by atoms with Crippen LogP contribution in [0.15, 0.2) is 90.3 Å². The minimum absolute atomic E-state index is 0.0411. The van der Waals surface area contributed by atoms with E-state index in [9.17, 15) is 4.79 Å². The molecular formula is C25H25N2OS+. The molecule has 0 aliphatic carbocycles. The molecule has 1 aromatic heterocycles. The molecule has 146 valence electrons. The average molecular weight is 402 g/mol. The van der Waals surface area contributed by atoms with Gasteiger partial charge in [-0.3, -0.25) is 4.79 Å². The maximum atomic E-state index is 12.8. The molecule has 0 aliphatic heterocycles. The van der Waals surface area contributed by atoms with Crippen molar-refractivity contribution in [1.29, 1.82) is 0 Å². The number of fused-ring (bicyclic) bond motifs is 1. The van der Waals surface area contributed by atoms with Gasteiger partial charge in [-0.05, 0) is 34.7 Å². The molecule has 0 unspecified atom stereocenters. The normalized spacial score (nSPS) is 13.1. The Morgan fingerprint density at radius 1 is 0.931 bits per heavy atom. The summed E-state index contributed by atoms with van der Waals surface area (Å²) in [5.74, 6) is 0.0411. The van der Waals surface area contributed by atoms with Gasteiger partial charge in [0.1, 0.15) is 6.04 Å². The van der Waals surface area contributed by atoms with Gasteiger partial charge in [0, 0.05) is 10.4 Å². The Labute approximate surface area is 175 Å². The molecule has 4 rings (SSSR count). The second-order valence-electron chi connectivity index (χ2n) is 7.22. The van der Waals surface area contributed by atoms with Crippen LogP contribution in [0, 0.1) is 0 Å². The van der Waals surface area contributed by atoms with Crippen LogP contribution in [-0.2, 0) is 4.79 Å². The average Bonchev–Trinajstić information content (AvgIpc) is 3.30. The Kier molecular flexibility index (Phi) is 6.03. The number of thiophene rings is 1. The highest BCUT2D eigenvalue weighted by atomic mass is 32.1. The van der Waals surface area contributed by atoms with Crippen LogP contribution in [0.4, 0.5) is 0 Å². The molecule has 29 heavy (non-hydrogen) atoms. The number of quaternary nitrogens is 1. The lowest BCUT2D eigenvalue weighted by molar-refractivity contribution is -0.682. The molecule has 1 amide bonds. The first-order chi connectivity index (χ1) is 14.2. The van der Waals surface area contributed by atoms with E-state index in [1.807, 2.05) is 29.6 Å². The number of hydrogen-bond donors (Lipinski definition) is 2. The second-order valence-corrected chi connectivity index (χ2v) is 8.20. The molecule has 0 saturated carbocycles. The summed E-state index contributed by atoms with van der Waals surface area (Å²) < 4.78 is 0. The maximum absolute atomic E-state index is 12.8. The zero-order chi connectivity index (χ0) is 20.1. The third-order valence-electron chi connectivity index (χ3n) is 5.24. The van der Waals surface area contributed by atoms with E-state index in [1.165, 1.54) is 16.3 Å². The van der Waals surface area contributed by atoms with Gasteiger partial charge >= 0.3 is 0 Å². The van der Waals surface area contributed by atoms with Gasteiger partial charge in [0.25, 0.3) is 5.91 Å². The molecule has 0 spiro atoms. The summed E-state index contributed by atoms with van der Waals surface area (Å²) in [6.45, 7) is 2.54. The molecule has 4 heteroatoms. The monoisotopic (exact) mass is 401 g/mol. The number of rotatable bonds is 7. The highest BCUT2D eigenvalue weighted by molar-refractivity contribution is 7.10. The lowest BCUT2D eigenvalue weighted by Gasteiger charge is -2.19. The molecule has 2 atom stereocenters. The van der Waals surface area contributed by atoms with E-state index < -0.39 is 0 Å². The Morgan fingerprint density at radius 2 is 1.69 bits per heavy atom. The molecule has 4 aromatic rings. The van der Waals surface area contributed by atoms with Crippen molar-refractivity contribution in [2.75, 3.05) is 6.54 Å². The summed E-state index contributed by atoms with van der Waals surface area (Å²) in [6, 6.07) is 29.1. The predicted octanol–water partition coefficient (Wildman–Crippen LogP) is 4.43. The van der Waals surface area contributed by atoms with Gasteiger partial charge in [-0.25, -0.2) is 0 Å². The van der Waals surface area contributed by atoms with E-state index >= 15 is 0 Å². The molecule has 0 radical (unpaired) electrons. The first-order valence-corrected chi connectivity index (χ1v) is 10.8. The van der Waals surface area contributed by atoms with E-state index in [4.69, 9.17) is 0 Å². The van der Waals surface area contributed by atoms with E-state index in [0.29, 0.717) is 6.54 Å². The van der Waals surface area contributed by atoms with Gasteiger partial charge in [0.2, 0.25) is 0 Å². The second kappa shape index (κ2) is 9.03. The van der Waals surface area contributed by atoms with Crippen LogP contribution < -0.4 is 10.6 Å². The lowest BCUT2D eigenvalue weighted by atomic mass is 10.00. The van der Waals surface area contributed by atoms with Crippen molar-refractivity contribution in [2.45, 2.75) is 19.0 Å². The molecule has 0 bridgehead atoms. The SMILES string of the molecule is C[C@@H]([NH2+]CC(=O)N[C@@H](c1ccccc1)c1cccs1)c1cccc2ccccc12. The fraction of sp³-hybridized carbons (Fsp3) is 0.160. The number of hydrogen-bond acceptors (Lipinski definition) is 2. The quantitative estimate of drug-likeness (QED) is 0.473. The van der Waals surface area contributed by atoms with Crippen molar-refractivity contribution in [1.82, 2.24) is 5.32 Å². The van der Waals surface area contributed by atoms with Crippen molar-refractivity contribution in [3.8, 4) is 0 Å². The fourth-order valence-corrected chi connectivity index (χ4v) is 4.50. The van der Waals surface area contributed by atoms with Gasteiger partial charge in [-0.1, -0.05) is 78.9 Å². The van der Waals surface area contributed by atoms with Crippen molar-refractivity contribution in [3.05, 3.63) is 106 Å². The smallest absolute Gasteiger partial charge is 0.275 e. The molecule has 3 N–H and O–H groups in total. The first kappa shape index (κ1) is 19.4. The molecule has 3 aromatic carbocycles. The van der Waals surface area contributed by atoms with Crippen LogP contribution >= 0.6 is 11.3 Å². The number of nitrogens with two attached hydrogens (primary N) is 1. The molecule has 0 saturated heterocycles. The van der Waals surface area contributed by atoms with Gasteiger partial charge < -0.3 is 10.6 Å². The Bertz CT molecular complexity index is 1070. The maximum Gasteiger partial charge on any atom is 0.275 e. The molecular weight excluding hydrogens is 376 g/mol. The zero-order valence-corrected chi connectivity index (χ0v) is 17.2. The molecule has 1 heterocycles. The summed E-state index contributed by atoms with van der Waals surface area (Å²) in [5.41, 5.74) is 2.36. The molecule has 3 nitrogen and oxygen atoms in total. The van der Waals surface area contributed by atoms with Crippen LogP contribution in [0.2, 0.25) is 0 Å². The topological polar surface area (TPSA) is 45.7 Å². The summed E-state index contributed by atoms with van der Waals surface area (Å²) in [6.07, 6.45) is 0. The molecule has 0 fully saturated rings. The van der Waals surface area contributed by atoms with Crippen LogP contribution in [-0.4, -0.2) is 12.5 Å². The van der Waals surface area contributed by atoms with Gasteiger partial charge in [0.15, 0.2) is 6.54 Å². The van der Waals surface area contributed by atoms with Crippen LogP contribution in [0.5, 0.6) is 0 Å². The number of amides is 1. The third-order valence-corrected chi connectivity index (χ3v) is 6.17. The first-order valence-electron chi connectivity index (χ1n) is 9.91. The Hall–Kier alpha value is -2.95. The lowest BCUT2D eigenvalue weighted by Crippen LogP contribution is -2.87. The highest BCUT2D eigenvalue weighted by Crippen LogP contribution is 2.26. The summed E-state index contributed by atoms with van der Waals surface area (Å²) >= 11 is 1.67. The van der Waals surface area contributed by atoms with Crippen molar-refractivity contribution in [3.63, 3.8) is 0 Å². The number of benzene rings is 3. The highest BCUT2D eigenvalue weighted by Gasteiger charge is 2.20. The Balaban J connectivity index is 1.45. The van der Waals surface area contributed by atoms with Gasteiger partial charge in [0.05, 0.1) is 6.04 Å². The van der Waals surface area contributed by atoms with E-state index in [2.05, 4.69) is 78.2 Å². The largest absolute Gasteiger partial charge is 0.339 e. The van der Waals surface area contributed by atoms with Crippen molar-refractivity contribution in [2.24, 2.45) is 0 Å². The Morgan fingerprint density at radius 3 is 2.48 bits per heavy atom. The minimum atomic E-state index is -0.107. The zero-order valence-electron chi connectivity index (χ0n) is 16.4. The van der Waals surface area contributed by atoms with E-state index in [0.717, 1.165) is 10.4 Å². The van der Waals surface area contributed by atoms with Crippen molar-refractivity contribution < 1.29 is 10.1 Å². The van der Waals surface area contributed by atoms with E-state index in [-0.39, 0.29) is 18.0 Å². The standard InChI is InChI=1S/C25H24N2OS/c1-18(21-14-7-12-19-9-5-6-13-22(19)21)26-17-24(28)27-25(23-15-8-16-29-23)20-10-3-2-4-11-20/h2-16,18,25-26H,17H2,1H3,(H,27,28)/p+1/t18-,25+/m1/s1. The van der Waals surface area contributed by atoms with Crippen LogP contribution in [0.3, 0.4) is 0 Å². The third kappa shape index (κ3) is 4.56. The molecule has 0 aliphatic rings. The van der Waals surface area contributed by atoms with Gasteiger partial charge in [-0.2, -0.15) is 0 Å². The van der Waals surface area contributed by atoms with Gasteiger partial charge in [-0.15, -0.1) is 11.3 Å². The minimum Gasteiger partial charge on any atom is -0.339 e. The fourth-order valence-electron chi connectivity index (χ4n) is 3.70. The summed E-state index contributed by atoms with van der Waals surface area (Å²) in [5, 5.41) is 9.86. The number of carbonyl (C=O) groups excluding carboxylic acids is 1.